The zero-order valence-electron chi connectivity index (χ0n) is 15.5. The van der Waals surface area contributed by atoms with Gasteiger partial charge in [-0.3, -0.25) is 10.1 Å². The summed E-state index contributed by atoms with van der Waals surface area (Å²) in [4.78, 5) is 12.4. The first-order valence-corrected chi connectivity index (χ1v) is 9.87. The number of carbonyl (C=O) groups excluding carboxylic acids is 1. The second-order valence-corrected chi connectivity index (χ2v) is 7.45. The second kappa shape index (κ2) is 10.3. The molecule has 0 fully saturated rings. The van der Waals surface area contributed by atoms with Crippen molar-refractivity contribution in [2.75, 3.05) is 18.5 Å². The Morgan fingerprint density at radius 3 is 2.56 bits per heavy atom. The predicted molar refractivity (Wildman–Crippen MR) is 116 cm³/mol. The second-order valence-electron chi connectivity index (χ2n) is 6.19. The fraction of sp³-hybridized carbons (Fsp3) is 0.300. The molecule has 0 spiro atoms. The topological polar surface area (TPSA) is 59.6 Å². The molecule has 0 saturated heterocycles. The van der Waals surface area contributed by atoms with Gasteiger partial charge in [-0.25, -0.2) is 0 Å². The van der Waals surface area contributed by atoms with Gasteiger partial charge in [-0.15, -0.1) is 0 Å². The summed E-state index contributed by atoms with van der Waals surface area (Å²) in [5.74, 6) is 1.47. The van der Waals surface area contributed by atoms with E-state index in [0.717, 1.165) is 0 Å². The molecule has 2 N–H and O–H groups in total. The molecule has 0 heterocycles. The van der Waals surface area contributed by atoms with Gasteiger partial charge in [0.25, 0.3) is 5.91 Å². The van der Waals surface area contributed by atoms with Crippen LogP contribution < -0.4 is 20.1 Å². The Kier molecular flexibility index (Phi) is 8.06. The maximum absolute atomic E-state index is 12.4. The van der Waals surface area contributed by atoms with Crippen LogP contribution in [-0.2, 0) is 0 Å². The minimum absolute atomic E-state index is 0.200. The van der Waals surface area contributed by atoms with Gasteiger partial charge in [0, 0.05) is 5.56 Å². The van der Waals surface area contributed by atoms with E-state index in [1.807, 2.05) is 31.2 Å². The molecule has 144 valence electrons. The standard InChI is InChI=1S/C20H23BrN2O3S/c1-4-25-17-10-9-14(11-15(17)21)19(24)23-20(27)22-16-7-5-6-8-18(16)26-12-13(2)3/h5-11,13H,4,12H2,1-3H3,(H2,22,23,24,27). The molecule has 0 aliphatic carbocycles. The van der Waals surface area contributed by atoms with Crippen molar-refractivity contribution in [1.29, 1.82) is 0 Å². The largest absolute Gasteiger partial charge is 0.493 e. The third-order valence-corrected chi connectivity index (χ3v) is 4.25. The lowest BCUT2D eigenvalue weighted by molar-refractivity contribution is 0.0977. The third kappa shape index (κ3) is 6.52. The smallest absolute Gasteiger partial charge is 0.257 e. The van der Waals surface area contributed by atoms with Gasteiger partial charge in [0.15, 0.2) is 5.11 Å². The average molecular weight is 451 g/mol. The highest BCUT2D eigenvalue weighted by Gasteiger charge is 2.12. The van der Waals surface area contributed by atoms with E-state index in [1.54, 1.807) is 18.2 Å². The zero-order chi connectivity index (χ0) is 19.8. The summed E-state index contributed by atoms with van der Waals surface area (Å²) in [6.45, 7) is 7.21. The highest BCUT2D eigenvalue weighted by Crippen LogP contribution is 2.26. The molecule has 0 bridgehead atoms. The number of rotatable bonds is 7. The maximum atomic E-state index is 12.4. The SMILES string of the molecule is CCOc1ccc(C(=O)NC(=S)Nc2ccccc2OCC(C)C)cc1Br. The minimum atomic E-state index is -0.308. The Morgan fingerprint density at radius 1 is 1.15 bits per heavy atom. The molecule has 0 radical (unpaired) electrons. The summed E-state index contributed by atoms with van der Waals surface area (Å²) in [6, 6.07) is 12.6. The summed E-state index contributed by atoms with van der Waals surface area (Å²) in [5, 5.41) is 5.90. The Balaban J connectivity index is 2.01. The van der Waals surface area contributed by atoms with Gasteiger partial charge in [-0.1, -0.05) is 26.0 Å². The van der Waals surface area contributed by atoms with E-state index < -0.39 is 0 Å². The van der Waals surface area contributed by atoms with Crippen LogP contribution in [0.1, 0.15) is 31.1 Å². The molecule has 0 aliphatic rings. The van der Waals surface area contributed by atoms with Crippen LogP contribution in [-0.4, -0.2) is 24.2 Å². The van der Waals surface area contributed by atoms with Crippen LogP contribution in [0.3, 0.4) is 0 Å². The molecule has 0 aromatic heterocycles. The number of para-hydroxylation sites is 2. The van der Waals surface area contributed by atoms with Crippen LogP contribution >= 0.6 is 28.1 Å². The molecule has 0 unspecified atom stereocenters. The Labute approximate surface area is 173 Å². The molecule has 7 heteroatoms. The number of ether oxygens (including phenoxy) is 2. The van der Waals surface area contributed by atoms with Crippen molar-refractivity contribution in [1.82, 2.24) is 5.32 Å². The van der Waals surface area contributed by atoms with Gasteiger partial charge in [0.05, 0.1) is 23.4 Å². The summed E-state index contributed by atoms with van der Waals surface area (Å²) >= 11 is 8.68. The lowest BCUT2D eigenvalue weighted by atomic mass is 10.2. The van der Waals surface area contributed by atoms with Gasteiger partial charge in [-0.05, 0) is 71.3 Å². The van der Waals surface area contributed by atoms with Crippen molar-refractivity contribution >= 4 is 44.9 Å². The molecular formula is C20H23BrN2O3S. The van der Waals surface area contributed by atoms with Crippen molar-refractivity contribution in [3.8, 4) is 11.5 Å². The van der Waals surface area contributed by atoms with E-state index >= 15 is 0 Å². The molecule has 0 saturated carbocycles. The quantitative estimate of drug-likeness (QED) is 0.580. The molecule has 2 aromatic rings. The van der Waals surface area contributed by atoms with Gasteiger partial charge >= 0.3 is 0 Å². The molecule has 0 aliphatic heterocycles. The van der Waals surface area contributed by atoms with Crippen LogP contribution in [0, 0.1) is 5.92 Å². The van der Waals surface area contributed by atoms with E-state index in [1.165, 1.54) is 0 Å². The molecule has 5 nitrogen and oxygen atoms in total. The number of amides is 1. The number of thiocarbonyl (C=S) groups is 1. The van der Waals surface area contributed by atoms with Crippen molar-refractivity contribution in [3.05, 3.63) is 52.5 Å². The molecule has 2 aromatic carbocycles. The summed E-state index contributed by atoms with van der Waals surface area (Å²) in [7, 11) is 0. The lowest BCUT2D eigenvalue weighted by Crippen LogP contribution is -2.34. The fourth-order valence-corrected chi connectivity index (χ4v) is 2.89. The minimum Gasteiger partial charge on any atom is -0.493 e. The number of carbonyl (C=O) groups is 1. The van der Waals surface area contributed by atoms with E-state index in [9.17, 15) is 4.79 Å². The van der Waals surface area contributed by atoms with E-state index in [0.29, 0.717) is 46.4 Å². The predicted octanol–water partition coefficient (Wildman–Crippen LogP) is 5.01. The molecule has 27 heavy (non-hydrogen) atoms. The Bertz CT molecular complexity index is 812. The van der Waals surface area contributed by atoms with Crippen molar-refractivity contribution in [2.45, 2.75) is 20.8 Å². The van der Waals surface area contributed by atoms with Gasteiger partial charge in [-0.2, -0.15) is 0 Å². The van der Waals surface area contributed by atoms with Gasteiger partial charge in [0.1, 0.15) is 11.5 Å². The highest BCUT2D eigenvalue weighted by atomic mass is 79.9. The maximum Gasteiger partial charge on any atom is 0.257 e. The average Bonchev–Trinajstić information content (AvgIpc) is 2.62. The summed E-state index contributed by atoms with van der Waals surface area (Å²) in [6.07, 6.45) is 0. The molecular weight excluding hydrogens is 428 g/mol. The number of nitrogens with one attached hydrogen (secondary N) is 2. The van der Waals surface area contributed by atoms with Crippen molar-refractivity contribution in [3.63, 3.8) is 0 Å². The first-order chi connectivity index (χ1) is 12.9. The molecule has 1 amide bonds. The van der Waals surface area contributed by atoms with E-state index in [2.05, 4.69) is 40.4 Å². The molecule has 0 atom stereocenters. The lowest BCUT2D eigenvalue weighted by Gasteiger charge is -2.15. The summed E-state index contributed by atoms with van der Waals surface area (Å²) < 4.78 is 12.0. The van der Waals surface area contributed by atoms with E-state index in [4.69, 9.17) is 21.7 Å². The first-order valence-electron chi connectivity index (χ1n) is 8.67. The molecule has 2 rings (SSSR count). The van der Waals surface area contributed by atoms with Gasteiger partial charge in [0.2, 0.25) is 0 Å². The van der Waals surface area contributed by atoms with Crippen LogP contribution in [0.5, 0.6) is 11.5 Å². The number of anilines is 1. The number of halogens is 1. The van der Waals surface area contributed by atoms with Crippen LogP contribution in [0.25, 0.3) is 0 Å². The Hall–Kier alpha value is -2.12. The van der Waals surface area contributed by atoms with Crippen molar-refractivity contribution < 1.29 is 14.3 Å². The van der Waals surface area contributed by atoms with E-state index in [-0.39, 0.29) is 11.0 Å². The normalized spacial score (nSPS) is 10.4. The highest BCUT2D eigenvalue weighted by molar-refractivity contribution is 9.10. The summed E-state index contributed by atoms with van der Waals surface area (Å²) in [5.41, 5.74) is 1.18. The zero-order valence-corrected chi connectivity index (χ0v) is 17.9. The monoisotopic (exact) mass is 450 g/mol. The van der Waals surface area contributed by atoms with Crippen LogP contribution in [0.2, 0.25) is 0 Å². The number of hydrogen-bond acceptors (Lipinski definition) is 4. The Morgan fingerprint density at radius 2 is 1.89 bits per heavy atom. The number of benzene rings is 2. The first kappa shape index (κ1) is 21.2. The van der Waals surface area contributed by atoms with Gasteiger partial charge < -0.3 is 14.8 Å². The fourth-order valence-electron chi connectivity index (χ4n) is 2.20. The third-order valence-electron chi connectivity index (χ3n) is 3.43. The number of hydrogen-bond donors (Lipinski definition) is 2. The van der Waals surface area contributed by atoms with Crippen molar-refractivity contribution in [2.24, 2.45) is 5.92 Å². The van der Waals surface area contributed by atoms with Crippen LogP contribution in [0.4, 0.5) is 5.69 Å². The van der Waals surface area contributed by atoms with Crippen LogP contribution in [0.15, 0.2) is 46.9 Å².